The third-order valence-corrected chi connectivity index (χ3v) is 2.22. The first kappa shape index (κ1) is 6.62. The van der Waals surface area contributed by atoms with Crippen LogP contribution in [0.4, 0.5) is 0 Å². The zero-order chi connectivity index (χ0) is 6.81. The Morgan fingerprint density at radius 1 is 1.30 bits per heavy atom. The zero-order valence-corrected chi connectivity index (χ0v) is 6.21. The standard InChI is InChI=1S/C8H14O2/c1-2-4-7(3-1)9-5-8-6-10-8/h7-8H,1-6H2/t8-/m1/s1. The number of ether oxygens (including phenoxy) is 2. The van der Waals surface area contributed by atoms with E-state index in [1.807, 2.05) is 0 Å². The normalized spacial score (nSPS) is 33.0. The summed E-state index contributed by atoms with van der Waals surface area (Å²) in [7, 11) is 0. The maximum absolute atomic E-state index is 5.60. The van der Waals surface area contributed by atoms with E-state index in [9.17, 15) is 0 Å². The Morgan fingerprint density at radius 2 is 2.00 bits per heavy atom. The lowest BCUT2D eigenvalue weighted by Gasteiger charge is -2.08. The number of rotatable bonds is 3. The van der Waals surface area contributed by atoms with Crippen molar-refractivity contribution in [2.24, 2.45) is 0 Å². The minimum atomic E-state index is 0.445. The van der Waals surface area contributed by atoms with Crippen molar-refractivity contribution in [1.82, 2.24) is 0 Å². The molecule has 0 unspecified atom stereocenters. The molecule has 0 bridgehead atoms. The molecule has 1 saturated carbocycles. The minimum Gasteiger partial charge on any atom is -0.375 e. The Labute approximate surface area is 61.5 Å². The highest BCUT2D eigenvalue weighted by Crippen LogP contribution is 2.22. The molecule has 2 fully saturated rings. The molecule has 1 atom stereocenters. The number of epoxide rings is 1. The molecule has 0 aromatic rings. The molecule has 0 N–H and O–H groups in total. The lowest BCUT2D eigenvalue weighted by molar-refractivity contribution is 0.0475. The van der Waals surface area contributed by atoms with Gasteiger partial charge in [0.1, 0.15) is 6.10 Å². The molecule has 0 amide bonds. The highest BCUT2D eigenvalue weighted by Gasteiger charge is 2.25. The van der Waals surface area contributed by atoms with Crippen LogP contribution in [0.1, 0.15) is 25.7 Å². The lowest BCUT2D eigenvalue weighted by atomic mass is 10.3. The molecule has 0 aromatic carbocycles. The first-order chi connectivity index (χ1) is 4.95. The van der Waals surface area contributed by atoms with Crippen LogP contribution >= 0.6 is 0 Å². The minimum absolute atomic E-state index is 0.445. The van der Waals surface area contributed by atoms with Gasteiger partial charge in [-0.3, -0.25) is 0 Å². The summed E-state index contributed by atoms with van der Waals surface area (Å²) in [4.78, 5) is 0. The second-order valence-electron chi connectivity index (χ2n) is 3.20. The molecule has 1 heterocycles. The summed E-state index contributed by atoms with van der Waals surface area (Å²) in [6.07, 6.45) is 6.26. The van der Waals surface area contributed by atoms with Gasteiger partial charge in [0.15, 0.2) is 0 Å². The van der Waals surface area contributed by atoms with Gasteiger partial charge in [-0.25, -0.2) is 0 Å². The smallest absolute Gasteiger partial charge is 0.104 e. The van der Waals surface area contributed by atoms with Crippen LogP contribution in [0.2, 0.25) is 0 Å². The van der Waals surface area contributed by atoms with Crippen molar-refractivity contribution in [3.8, 4) is 0 Å². The number of hydrogen-bond donors (Lipinski definition) is 0. The molecule has 0 radical (unpaired) electrons. The fraction of sp³-hybridized carbons (Fsp3) is 1.00. The van der Waals surface area contributed by atoms with Gasteiger partial charge in [0.2, 0.25) is 0 Å². The fourth-order valence-corrected chi connectivity index (χ4v) is 1.46. The van der Waals surface area contributed by atoms with Gasteiger partial charge >= 0.3 is 0 Å². The second-order valence-corrected chi connectivity index (χ2v) is 3.20. The van der Waals surface area contributed by atoms with Crippen LogP contribution in [0, 0.1) is 0 Å². The quantitative estimate of drug-likeness (QED) is 0.555. The predicted octanol–water partition coefficient (Wildman–Crippen LogP) is 1.34. The predicted molar refractivity (Wildman–Crippen MR) is 37.9 cm³/mol. The summed E-state index contributed by atoms with van der Waals surface area (Å²) in [5.74, 6) is 0. The van der Waals surface area contributed by atoms with Crippen molar-refractivity contribution in [3.63, 3.8) is 0 Å². The van der Waals surface area contributed by atoms with Crippen LogP contribution in [0.15, 0.2) is 0 Å². The molecule has 2 aliphatic rings. The molecule has 1 saturated heterocycles. The summed E-state index contributed by atoms with van der Waals surface area (Å²) in [5.41, 5.74) is 0. The van der Waals surface area contributed by atoms with E-state index >= 15 is 0 Å². The SMILES string of the molecule is C1CCC(OC[C@@H]2CO2)C1. The van der Waals surface area contributed by atoms with Crippen LogP contribution in [-0.4, -0.2) is 25.4 Å². The van der Waals surface area contributed by atoms with Gasteiger partial charge in [-0.15, -0.1) is 0 Å². The van der Waals surface area contributed by atoms with Gasteiger partial charge in [-0.05, 0) is 12.8 Å². The van der Waals surface area contributed by atoms with Crippen LogP contribution in [0.3, 0.4) is 0 Å². The van der Waals surface area contributed by atoms with Crippen molar-refractivity contribution < 1.29 is 9.47 Å². The Bertz CT molecular complexity index is 104. The summed E-state index contributed by atoms with van der Waals surface area (Å²) in [6.45, 7) is 1.76. The maximum atomic E-state index is 5.60. The second kappa shape index (κ2) is 2.89. The van der Waals surface area contributed by atoms with E-state index in [2.05, 4.69) is 0 Å². The number of hydrogen-bond acceptors (Lipinski definition) is 2. The molecule has 0 spiro atoms. The molecule has 10 heavy (non-hydrogen) atoms. The highest BCUT2D eigenvalue weighted by molar-refractivity contribution is 4.71. The van der Waals surface area contributed by atoms with E-state index in [0.717, 1.165) is 13.2 Å². The van der Waals surface area contributed by atoms with Gasteiger partial charge in [-0.1, -0.05) is 12.8 Å². The van der Waals surface area contributed by atoms with Crippen LogP contribution in [0.5, 0.6) is 0 Å². The molecule has 1 aliphatic heterocycles. The molecule has 58 valence electrons. The van der Waals surface area contributed by atoms with Gasteiger partial charge in [-0.2, -0.15) is 0 Å². The molecule has 2 heteroatoms. The first-order valence-corrected chi connectivity index (χ1v) is 4.18. The van der Waals surface area contributed by atoms with E-state index in [1.165, 1.54) is 25.7 Å². The van der Waals surface area contributed by atoms with Gasteiger partial charge < -0.3 is 9.47 Å². The van der Waals surface area contributed by atoms with Crippen molar-refractivity contribution >= 4 is 0 Å². The van der Waals surface area contributed by atoms with E-state index in [0.29, 0.717) is 12.2 Å². The maximum Gasteiger partial charge on any atom is 0.104 e. The van der Waals surface area contributed by atoms with Crippen LogP contribution in [0.25, 0.3) is 0 Å². The highest BCUT2D eigenvalue weighted by atomic mass is 16.6. The Balaban J connectivity index is 1.59. The summed E-state index contributed by atoms with van der Waals surface area (Å²) < 4.78 is 10.6. The van der Waals surface area contributed by atoms with Gasteiger partial charge in [0, 0.05) is 0 Å². The fourth-order valence-electron chi connectivity index (χ4n) is 1.46. The van der Waals surface area contributed by atoms with E-state index in [4.69, 9.17) is 9.47 Å². The topological polar surface area (TPSA) is 21.8 Å². The zero-order valence-electron chi connectivity index (χ0n) is 6.21. The molecule has 2 nitrogen and oxygen atoms in total. The largest absolute Gasteiger partial charge is 0.375 e. The van der Waals surface area contributed by atoms with E-state index in [-0.39, 0.29) is 0 Å². The van der Waals surface area contributed by atoms with Gasteiger partial charge in [0.25, 0.3) is 0 Å². The van der Waals surface area contributed by atoms with Crippen molar-refractivity contribution in [1.29, 1.82) is 0 Å². The van der Waals surface area contributed by atoms with Crippen molar-refractivity contribution in [3.05, 3.63) is 0 Å². The third-order valence-electron chi connectivity index (χ3n) is 2.22. The molecule has 0 aromatic heterocycles. The van der Waals surface area contributed by atoms with E-state index < -0.39 is 0 Å². The Kier molecular flexibility index (Phi) is 1.91. The lowest BCUT2D eigenvalue weighted by Crippen LogP contribution is -2.11. The Morgan fingerprint density at radius 3 is 2.60 bits per heavy atom. The molecular formula is C8H14O2. The summed E-state index contributed by atoms with van der Waals surface area (Å²) >= 11 is 0. The average Bonchev–Trinajstić information content (AvgIpc) is 2.63. The monoisotopic (exact) mass is 142 g/mol. The van der Waals surface area contributed by atoms with Crippen LogP contribution < -0.4 is 0 Å². The third kappa shape index (κ3) is 1.70. The van der Waals surface area contributed by atoms with Crippen molar-refractivity contribution in [2.75, 3.05) is 13.2 Å². The van der Waals surface area contributed by atoms with Crippen LogP contribution in [-0.2, 0) is 9.47 Å². The molecular weight excluding hydrogens is 128 g/mol. The summed E-state index contributed by atoms with van der Waals surface area (Å²) in [5, 5.41) is 0. The van der Waals surface area contributed by atoms with Gasteiger partial charge in [0.05, 0.1) is 19.3 Å². The Hall–Kier alpha value is -0.0800. The van der Waals surface area contributed by atoms with Crippen molar-refractivity contribution in [2.45, 2.75) is 37.9 Å². The summed E-state index contributed by atoms with van der Waals surface area (Å²) in [6, 6.07) is 0. The molecule has 1 aliphatic carbocycles. The van der Waals surface area contributed by atoms with E-state index in [1.54, 1.807) is 0 Å². The average molecular weight is 142 g/mol. The first-order valence-electron chi connectivity index (χ1n) is 4.18. The molecule has 2 rings (SSSR count).